The first-order valence-electron chi connectivity index (χ1n) is 9.22. The molecule has 3 aromatic rings. The predicted octanol–water partition coefficient (Wildman–Crippen LogP) is 6.69. The zero-order valence-corrected chi connectivity index (χ0v) is 17.7. The van der Waals surface area contributed by atoms with E-state index in [2.05, 4.69) is 37.2 Å². The lowest BCUT2D eigenvalue weighted by Crippen LogP contribution is -2.16. The van der Waals surface area contributed by atoms with Gasteiger partial charge in [0.2, 0.25) is 0 Å². The summed E-state index contributed by atoms with van der Waals surface area (Å²) >= 11 is 8.18. The van der Waals surface area contributed by atoms with Crippen molar-refractivity contribution in [3.63, 3.8) is 0 Å². The third kappa shape index (κ3) is 4.18. The third-order valence-corrected chi connectivity index (χ3v) is 5.93. The van der Waals surface area contributed by atoms with Crippen LogP contribution in [0.25, 0.3) is 21.8 Å². The molecule has 0 saturated carbocycles. The Morgan fingerprint density at radius 3 is 2.59 bits per heavy atom. The SMILES string of the molecule is CC/C=C(/CC)c1ccc(-c2cc(C(C)(C)O)nn2-c2ccccc2Cl)s1. The summed E-state index contributed by atoms with van der Waals surface area (Å²) in [5, 5.41) is 15.8. The van der Waals surface area contributed by atoms with Crippen molar-refractivity contribution in [2.24, 2.45) is 0 Å². The molecule has 2 aromatic heterocycles. The van der Waals surface area contributed by atoms with Gasteiger partial charge in [-0.15, -0.1) is 11.3 Å². The number of rotatable bonds is 6. The van der Waals surface area contributed by atoms with Crippen molar-refractivity contribution in [2.75, 3.05) is 0 Å². The van der Waals surface area contributed by atoms with Crippen molar-refractivity contribution in [3.05, 3.63) is 64.1 Å². The minimum absolute atomic E-state index is 0.618. The normalized spacial score (nSPS) is 12.6. The van der Waals surface area contributed by atoms with E-state index >= 15 is 0 Å². The smallest absolute Gasteiger partial charge is 0.103 e. The monoisotopic (exact) mass is 400 g/mol. The second kappa shape index (κ2) is 8.01. The van der Waals surface area contributed by atoms with Gasteiger partial charge in [0.1, 0.15) is 5.60 Å². The summed E-state index contributed by atoms with van der Waals surface area (Å²) in [7, 11) is 0. The molecule has 1 aromatic carbocycles. The largest absolute Gasteiger partial charge is 0.384 e. The van der Waals surface area contributed by atoms with Crippen LogP contribution in [0.1, 0.15) is 51.1 Å². The summed E-state index contributed by atoms with van der Waals surface area (Å²) in [6.45, 7) is 7.83. The van der Waals surface area contributed by atoms with Crippen LogP contribution in [-0.4, -0.2) is 14.9 Å². The van der Waals surface area contributed by atoms with Crippen LogP contribution in [0.5, 0.6) is 0 Å². The molecule has 27 heavy (non-hydrogen) atoms. The van der Waals surface area contributed by atoms with Crippen molar-refractivity contribution in [1.82, 2.24) is 9.78 Å². The van der Waals surface area contributed by atoms with E-state index in [4.69, 9.17) is 11.6 Å². The standard InChI is InChI=1S/C22H25ClN2OS/c1-5-9-15(6-2)19-12-13-20(27-19)18-14-21(22(3,4)26)24-25(18)17-11-8-7-10-16(17)23/h7-14,26H,5-6H2,1-4H3/b15-9-. The summed E-state index contributed by atoms with van der Waals surface area (Å²) in [4.78, 5) is 2.37. The summed E-state index contributed by atoms with van der Waals surface area (Å²) in [6, 6.07) is 13.9. The van der Waals surface area contributed by atoms with Crippen LogP contribution in [0.4, 0.5) is 0 Å². The van der Waals surface area contributed by atoms with Gasteiger partial charge in [0.25, 0.3) is 0 Å². The Hall–Kier alpha value is -1.88. The van der Waals surface area contributed by atoms with Crippen LogP contribution in [0.3, 0.4) is 0 Å². The molecule has 0 fully saturated rings. The second-order valence-electron chi connectivity index (χ2n) is 6.99. The van der Waals surface area contributed by atoms with Crippen LogP contribution in [0.2, 0.25) is 5.02 Å². The number of aromatic nitrogens is 2. The number of allylic oxidation sites excluding steroid dienone is 2. The first kappa shape index (κ1) is 19.9. The topological polar surface area (TPSA) is 38.1 Å². The Bertz CT molecular complexity index is 963. The third-order valence-electron chi connectivity index (χ3n) is 4.42. The van der Waals surface area contributed by atoms with Crippen molar-refractivity contribution >= 4 is 28.5 Å². The Balaban J connectivity index is 2.15. The Kier molecular flexibility index (Phi) is 5.89. The van der Waals surface area contributed by atoms with E-state index in [1.54, 1.807) is 25.2 Å². The molecule has 3 nitrogen and oxygen atoms in total. The molecule has 0 saturated heterocycles. The number of hydrogen-bond donors (Lipinski definition) is 1. The minimum atomic E-state index is -1.03. The van der Waals surface area contributed by atoms with E-state index in [1.165, 1.54) is 10.5 Å². The highest BCUT2D eigenvalue weighted by Crippen LogP contribution is 2.37. The average molecular weight is 401 g/mol. The van der Waals surface area contributed by atoms with E-state index in [0.29, 0.717) is 10.7 Å². The van der Waals surface area contributed by atoms with E-state index < -0.39 is 5.60 Å². The number of halogens is 1. The van der Waals surface area contributed by atoms with Gasteiger partial charge >= 0.3 is 0 Å². The lowest BCUT2D eigenvalue weighted by atomic mass is 10.1. The molecule has 142 valence electrons. The summed E-state index contributed by atoms with van der Waals surface area (Å²) in [6.07, 6.45) is 4.31. The number of para-hydroxylation sites is 1. The van der Waals surface area contributed by atoms with Gasteiger partial charge in [-0.2, -0.15) is 5.10 Å². The molecule has 0 spiro atoms. The van der Waals surface area contributed by atoms with Gasteiger partial charge in [0, 0.05) is 4.88 Å². The fraction of sp³-hybridized carbons (Fsp3) is 0.318. The Morgan fingerprint density at radius 2 is 1.96 bits per heavy atom. The molecule has 0 amide bonds. The number of nitrogens with zero attached hydrogens (tertiary/aromatic N) is 2. The van der Waals surface area contributed by atoms with Crippen LogP contribution in [0.15, 0.2) is 48.5 Å². The van der Waals surface area contributed by atoms with E-state index in [1.807, 2.05) is 35.0 Å². The van der Waals surface area contributed by atoms with Crippen molar-refractivity contribution < 1.29 is 5.11 Å². The Labute approximate surface area is 169 Å². The van der Waals surface area contributed by atoms with Gasteiger partial charge in [0.05, 0.1) is 27.0 Å². The molecule has 5 heteroatoms. The predicted molar refractivity (Wildman–Crippen MR) is 116 cm³/mol. The molecule has 0 aliphatic rings. The lowest BCUT2D eigenvalue weighted by molar-refractivity contribution is 0.0734. The molecular weight excluding hydrogens is 376 g/mol. The summed E-state index contributed by atoms with van der Waals surface area (Å²) in [5.41, 5.74) is 2.69. The van der Waals surface area contributed by atoms with Gasteiger partial charge in [-0.3, -0.25) is 0 Å². The summed E-state index contributed by atoms with van der Waals surface area (Å²) in [5.74, 6) is 0. The van der Waals surface area contributed by atoms with Crippen LogP contribution >= 0.6 is 22.9 Å². The van der Waals surface area contributed by atoms with Gasteiger partial charge < -0.3 is 5.11 Å². The van der Waals surface area contributed by atoms with Crippen LogP contribution in [-0.2, 0) is 5.60 Å². The molecule has 3 rings (SSSR count). The molecule has 1 N–H and O–H groups in total. The van der Waals surface area contributed by atoms with Crippen molar-refractivity contribution in [1.29, 1.82) is 0 Å². The maximum absolute atomic E-state index is 10.5. The number of benzene rings is 1. The van der Waals surface area contributed by atoms with Crippen LogP contribution < -0.4 is 0 Å². The van der Waals surface area contributed by atoms with E-state index in [0.717, 1.165) is 29.1 Å². The Morgan fingerprint density at radius 1 is 1.22 bits per heavy atom. The molecule has 0 unspecified atom stereocenters. The first-order chi connectivity index (χ1) is 12.8. The molecule has 0 aliphatic carbocycles. The van der Waals surface area contributed by atoms with Gasteiger partial charge in [-0.05, 0) is 62.6 Å². The molecule has 0 bridgehead atoms. The van der Waals surface area contributed by atoms with Crippen molar-refractivity contribution in [3.8, 4) is 16.3 Å². The van der Waals surface area contributed by atoms with Gasteiger partial charge in [0.15, 0.2) is 0 Å². The fourth-order valence-corrected chi connectivity index (χ4v) is 4.31. The average Bonchev–Trinajstić information content (AvgIpc) is 3.26. The maximum atomic E-state index is 10.5. The number of thiophene rings is 1. The highest BCUT2D eigenvalue weighted by atomic mass is 35.5. The van der Waals surface area contributed by atoms with Gasteiger partial charge in [-0.25, -0.2) is 4.68 Å². The molecule has 0 aliphatic heterocycles. The maximum Gasteiger partial charge on any atom is 0.103 e. The number of hydrogen-bond acceptors (Lipinski definition) is 3. The molecular formula is C22H25ClN2OS. The number of aliphatic hydroxyl groups is 1. The quantitative estimate of drug-likeness (QED) is 0.500. The zero-order valence-electron chi connectivity index (χ0n) is 16.2. The van der Waals surface area contributed by atoms with E-state index in [-0.39, 0.29) is 0 Å². The lowest BCUT2D eigenvalue weighted by Gasteiger charge is -2.13. The second-order valence-corrected chi connectivity index (χ2v) is 8.48. The molecule has 2 heterocycles. The van der Waals surface area contributed by atoms with Crippen molar-refractivity contribution in [2.45, 2.75) is 46.1 Å². The van der Waals surface area contributed by atoms with E-state index in [9.17, 15) is 5.11 Å². The zero-order chi connectivity index (χ0) is 19.6. The molecule has 0 radical (unpaired) electrons. The highest BCUT2D eigenvalue weighted by molar-refractivity contribution is 7.16. The van der Waals surface area contributed by atoms with Crippen LogP contribution in [0, 0.1) is 0 Å². The highest BCUT2D eigenvalue weighted by Gasteiger charge is 2.24. The van der Waals surface area contributed by atoms with Gasteiger partial charge in [-0.1, -0.05) is 43.7 Å². The minimum Gasteiger partial charge on any atom is -0.384 e. The molecule has 0 atom stereocenters. The summed E-state index contributed by atoms with van der Waals surface area (Å²) < 4.78 is 1.83. The first-order valence-corrected chi connectivity index (χ1v) is 10.4. The fourth-order valence-electron chi connectivity index (χ4n) is 2.98.